The van der Waals surface area contributed by atoms with Gasteiger partial charge in [0.2, 0.25) is 5.91 Å². The summed E-state index contributed by atoms with van der Waals surface area (Å²) in [4.78, 5) is 26.9. The third kappa shape index (κ3) is 3.59. The van der Waals surface area contributed by atoms with E-state index in [1.165, 1.54) is 30.0 Å². The number of hydrogen-bond acceptors (Lipinski definition) is 6. The van der Waals surface area contributed by atoms with Gasteiger partial charge in [-0.05, 0) is 25.1 Å². The van der Waals surface area contributed by atoms with Crippen LogP contribution < -0.4 is 20.0 Å². The molecule has 0 saturated carbocycles. The number of benzene rings is 2. The smallest absolute Gasteiger partial charge is 0.347 e. The molecule has 4 rings (SSSR count). The first-order chi connectivity index (χ1) is 14.8. The molecule has 0 radical (unpaired) electrons. The molecule has 0 bridgehead atoms. The molecular weight excluding hydrogens is 422 g/mol. The number of likely N-dealkylation sites (N-methyl/N-ethyl adjacent to an activating group) is 1. The number of aromatic nitrogens is 2. The largest absolute Gasteiger partial charge is 0.495 e. The second-order valence-electron chi connectivity index (χ2n) is 7.06. The summed E-state index contributed by atoms with van der Waals surface area (Å²) in [5.74, 6) is 0.595. The lowest BCUT2D eigenvalue weighted by Crippen LogP contribution is -2.30. The minimum absolute atomic E-state index is 0.0979. The summed E-state index contributed by atoms with van der Waals surface area (Å²) in [5, 5.41) is 5.65. The molecule has 8 nitrogen and oxygen atoms in total. The molecule has 2 aromatic carbocycles. The van der Waals surface area contributed by atoms with Gasteiger partial charge in [-0.15, -0.1) is 0 Å². The first-order valence-corrected chi connectivity index (χ1v) is 9.79. The van der Waals surface area contributed by atoms with Crippen LogP contribution in [0.15, 0.2) is 45.7 Å². The van der Waals surface area contributed by atoms with Crippen molar-refractivity contribution in [2.45, 2.75) is 13.5 Å². The third-order valence-electron chi connectivity index (χ3n) is 5.13. The monoisotopic (exact) mass is 441 g/mol. The van der Waals surface area contributed by atoms with Crippen LogP contribution in [0.5, 0.6) is 11.5 Å². The minimum Gasteiger partial charge on any atom is -0.495 e. The predicted octanol–water partition coefficient (Wildman–Crippen LogP) is 3.78. The molecule has 0 aliphatic carbocycles. The molecule has 0 aliphatic rings. The lowest BCUT2D eigenvalue weighted by molar-refractivity contribution is -0.119. The van der Waals surface area contributed by atoms with E-state index in [9.17, 15) is 9.59 Å². The first kappa shape index (κ1) is 20.7. The van der Waals surface area contributed by atoms with Gasteiger partial charge < -0.3 is 18.8 Å². The fourth-order valence-electron chi connectivity index (χ4n) is 3.49. The molecule has 1 amide bonds. The van der Waals surface area contributed by atoms with Crippen molar-refractivity contribution in [3.8, 4) is 11.5 Å². The number of amides is 1. The molecule has 2 heterocycles. The van der Waals surface area contributed by atoms with E-state index in [0.29, 0.717) is 44.1 Å². The summed E-state index contributed by atoms with van der Waals surface area (Å²) in [7, 11) is 4.62. The molecule has 0 unspecified atom stereocenters. The molecule has 0 saturated heterocycles. The van der Waals surface area contributed by atoms with Crippen LogP contribution in [-0.2, 0) is 11.3 Å². The van der Waals surface area contributed by atoms with Crippen molar-refractivity contribution >= 4 is 45.1 Å². The molecule has 0 fully saturated rings. The van der Waals surface area contributed by atoms with Crippen molar-refractivity contribution in [3.63, 3.8) is 0 Å². The van der Waals surface area contributed by atoms with E-state index in [0.717, 1.165) is 5.56 Å². The maximum atomic E-state index is 13.1. The van der Waals surface area contributed by atoms with Gasteiger partial charge >= 0.3 is 5.63 Å². The maximum Gasteiger partial charge on any atom is 0.347 e. The third-order valence-corrected chi connectivity index (χ3v) is 5.42. The van der Waals surface area contributed by atoms with Crippen LogP contribution in [0.4, 0.5) is 5.69 Å². The van der Waals surface area contributed by atoms with Gasteiger partial charge in [-0.25, -0.2) is 4.79 Å². The Morgan fingerprint density at radius 3 is 2.61 bits per heavy atom. The van der Waals surface area contributed by atoms with E-state index in [1.807, 2.05) is 19.1 Å². The van der Waals surface area contributed by atoms with Crippen LogP contribution in [0.2, 0.25) is 5.02 Å². The number of carbonyl (C=O) groups excluding carboxylic acids is 1. The molecular formula is C22H20ClN3O5. The van der Waals surface area contributed by atoms with Gasteiger partial charge in [-0.2, -0.15) is 5.10 Å². The minimum atomic E-state index is -0.498. The van der Waals surface area contributed by atoms with E-state index >= 15 is 0 Å². The van der Waals surface area contributed by atoms with E-state index in [1.54, 1.807) is 25.2 Å². The van der Waals surface area contributed by atoms with Crippen molar-refractivity contribution in [2.24, 2.45) is 0 Å². The number of methoxy groups -OCH3 is 2. The van der Waals surface area contributed by atoms with Crippen molar-refractivity contribution < 1.29 is 18.7 Å². The summed E-state index contributed by atoms with van der Waals surface area (Å²) in [5.41, 5.74) is 1.97. The van der Waals surface area contributed by atoms with E-state index in [4.69, 9.17) is 25.5 Å². The molecule has 9 heteroatoms. The van der Waals surface area contributed by atoms with Crippen LogP contribution in [0, 0.1) is 6.92 Å². The van der Waals surface area contributed by atoms with Crippen LogP contribution in [0.1, 0.15) is 5.56 Å². The van der Waals surface area contributed by atoms with Gasteiger partial charge in [0.15, 0.2) is 0 Å². The summed E-state index contributed by atoms with van der Waals surface area (Å²) in [6.45, 7) is 1.84. The van der Waals surface area contributed by atoms with Gasteiger partial charge in [0.25, 0.3) is 0 Å². The highest BCUT2D eigenvalue weighted by Crippen LogP contribution is 2.37. The second-order valence-corrected chi connectivity index (χ2v) is 7.47. The van der Waals surface area contributed by atoms with Crippen LogP contribution in [-0.4, -0.2) is 37.0 Å². The normalized spacial score (nSPS) is 11.1. The Bertz CT molecular complexity index is 1380. The SMILES string of the molecule is COc1cc(OC)c(N(C)C(=O)Cn2ncc3c(=O)oc4ccc(C)cc4c32)cc1Cl. The maximum absolute atomic E-state index is 13.1. The van der Waals surface area contributed by atoms with Gasteiger partial charge in [0.05, 0.1) is 36.6 Å². The topological polar surface area (TPSA) is 86.8 Å². The summed E-state index contributed by atoms with van der Waals surface area (Å²) >= 11 is 6.24. The van der Waals surface area contributed by atoms with Crippen molar-refractivity contribution in [3.05, 3.63) is 57.5 Å². The molecule has 0 aliphatic heterocycles. The Balaban J connectivity index is 1.76. The average Bonchev–Trinajstić information content (AvgIpc) is 3.18. The van der Waals surface area contributed by atoms with Crippen molar-refractivity contribution in [2.75, 3.05) is 26.2 Å². The number of fused-ring (bicyclic) bond motifs is 3. The van der Waals surface area contributed by atoms with E-state index < -0.39 is 5.63 Å². The average molecular weight is 442 g/mol. The molecule has 31 heavy (non-hydrogen) atoms. The number of aryl methyl sites for hydroxylation is 1. The summed E-state index contributed by atoms with van der Waals surface area (Å²) in [6, 6.07) is 8.72. The number of anilines is 1. The fourth-order valence-corrected chi connectivity index (χ4v) is 3.72. The highest BCUT2D eigenvalue weighted by atomic mass is 35.5. The lowest BCUT2D eigenvalue weighted by atomic mass is 10.1. The zero-order valence-corrected chi connectivity index (χ0v) is 18.2. The van der Waals surface area contributed by atoms with Crippen molar-refractivity contribution in [1.82, 2.24) is 9.78 Å². The number of halogens is 1. The predicted molar refractivity (Wildman–Crippen MR) is 118 cm³/mol. The molecule has 2 aromatic heterocycles. The zero-order valence-electron chi connectivity index (χ0n) is 17.4. The van der Waals surface area contributed by atoms with Gasteiger partial charge in [-0.3, -0.25) is 9.48 Å². The first-order valence-electron chi connectivity index (χ1n) is 9.41. The van der Waals surface area contributed by atoms with Gasteiger partial charge in [0, 0.05) is 18.5 Å². The van der Waals surface area contributed by atoms with E-state index in [2.05, 4.69) is 5.10 Å². The molecule has 4 aromatic rings. The van der Waals surface area contributed by atoms with Crippen molar-refractivity contribution in [1.29, 1.82) is 0 Å². The van der Waals surface area contributed by atoms with Crippen LogP contribution >= 0.6 is 11.6 Å². The zero-order chi connectivity index (χ0) is 22.3. The Kier molecular flexibility index (Phi) is 5.32. The Morgan fingerprint density at radius 2 is 1.90 bits per heavy atom. The Morgan fingerprint density at radius 1 is 1.16 bits per heavy atom. The standard InChI is InChI=1S/C22H20ClN3O5/c1-12-5-6-17-13(7-12)21-14(22(28)31-17)10-24-26(21)11-20(27)25(2)16-8-15(23)18(29-3)9-19(16)30-4/h5-10H,11H2,1-4H3. The summed E-state index contributed by atoms with van der Waals surface area (Å²) < 4.78 is 17.5. The summed E-state index contributed by atoms with van der Waals surface area (Å²) in [6.07, 6.45) is 1.42. The molecule has 160 valence electrons. The number of ether oxygens (including phenoxy) is 2. The quantitative estimate of drug-likeness (QED) is 0.438. The number of nitrogens with zero attached hydrogens (tertiary/aromatic N) is 3. The van der Waals surface area contributed by atoms with Crippen LogP contribution in [0.25, 0.3) is 21.9 Å². The van der Waals surface area contributed by atoms with Crippen LogP contribution in [0.3, 0.4) is 0 Å². The number of hydrogen-bond donors (Lipinski definition) is 0. The Hall–Kier alpha value is -3.52. The molecule has 0 atom stereocenters. The highest BCUT2D eigenvalue weighted by Gasteiger charge is 2.21. The second kappa shape index (κ2) is 7.96. The Labute approximate surface area is 182 Å². The number of rotatable bonds is 5. The number of carbonyl (C=O) groups is 1. The lowest BCUT2D eigenvalue weighted by Gasteiger charge is -2.21. The van der Waals surface area contributed by atoms with Gasteiger partial charge in [-0.1, -0.05) is 23.2 Å². The van der Waals surface area contributed by atoms with E-state index in [-0.39, 0.29) is 12.5 Å². The fraction of sp³-hybridized carbons (Fsp3) is 0.227. The molecule has 0 N–H and O–H groups in total. The highest BCUT2D eigenvalue weighted by molar-refractivity contribution is 6.32. The molecule has 0 spiro atoms. The van der Waals surface area contributed by atoms with Gasteiger partial charge in [0.1, 0.15) is 29.0 Å².